The lowest BCUT2D eigenvalue weighted by molar-refractivity contribution is 1.32. The molecule has 3 N–H and O–H groups in total. The number of benzene rings is 1. The summed E-state index contributed by atoms with van der Waals surface area (Å²) >= 11 is 0. The van der Waals surface area contributed by atoms with Gasteiger partial charge in [-0.25, -0.2) is 0 Å². The Bertz CT molecular complexity index is 375. The Balaban J connectivity index is 2.83. The molecule has 72 valence electrons. The van der Waals surface area contributed by atoms with E-state index in [-0.39, 0.29) is 0 Å². The molecule has 0 radical (unpaired) electrons. The molecular formula is C11H13N3. The molecule has 0 saturated carbocycles. The second-order valence-electron chi connectivity index (χ2n) is 2.83. The van der Waals surface area contributed by atoms with Crippen molar-refractivity contribution in [1.82, 2.24) is 0 Å². The number of allylic oxidation sites excluding steroid dienone is 1. The van der Waals surface area contributed by atoms with Gasteiger partial charge in [0.25, 0.3) is 0 Å². The predicted molar refractivity (Wildman–Crippen MR) is 58.9 cm³/mol. The van der Waals surface area contributed by atoms with Crippen LogP contribution in [0.2, 0.25) is 0 Å². The largest absolute Gasteiger partial charge is 0.396 e. The van der Waals surface area contributed by atoms with Crippen molar-refractivity contribution >= 4 is 11.4 Å². The summed E-state index contributed by atoms with van der Waals surface area (Å²) in [5.74, 6) is 0. The first-order chi connectivity index (χ1) is 6.79. The van der Waals surface area contributed by atoms with E-state index in [4.69, 9.17) is 11.0 Å². The van der Waals surface area contributed by atoms with Crippen molar-refractivity contribution in [1.29, 1.82) is 5.26 Å². The summed E-state index contributed by atoms with van der Waals surface area (Å²) in [5.41, 5.74) is 7.60. The van der Waals surface area contributed by atoms with Crippen LogP contribution in [-0.4, -0.2) is 6.54 Å². The highest BCUT2D eigenvalue weighted by Crippen LogP contribution is 2.21. The summed E-state index contributed by atoms with van der Waals surface area (Å²) in [6, 6.07) is 7.42. The highest BCUT2D eigenvalue weighted by Gasteiger charge is 2.01. The number of anilines is 2. The zero-order chi connectivity index (χ0) is 10.4. The molecule has 0 fully saturated rings. The summed E-state index contributed by atoms with van der Waals surface area (Å²) in [4.78, 5) is 0. The third kappa shape index (κ3) is 2.27. The quantitative estimate of drug-likeness (QED) is 0.563. The molecule has 0 amide bonds. The number of hydrogen-bond acceptors (Lipinski definition) is 3. The van der Waals surface area contributed by atoms with Crippen LogP contribution in [0.5, 0.6) is 0 Å². The molecule has 0 aliphatic rings. The van der Waals surface area contributed by atoms with Crippen molar-refractivity contribution < 1.29 is 0 Å². The minimum Gasteiger partial charge on any atom is -0.396 e. The van der Waals surface area contributed by atoms with Gasteiger partial charge in [0.2, 0.25) is 0 Å². The number of nitrogens with zero attached hydrogens (tertiary/aromatic N) is 1. The van der Waals surface area contributed by atoms with E-state index in [1.54, 1.807) is 6.07 Å². The summed E-state index contributed by atoms with van der Waals surface area (Å²) in [5, 5.41) is 11.9. The molecule has 0 atom stereocenters. The third-order valence-corrected chi connectivity index (χ3v) is 1.87. The topological polar surface area (TPSA) is 61.8 Å². The van der Waals surface area contributed by atoms with E-state index in [0.717, 1.165) is 12.2 Å². The fourth-order valence-corrected chi connectivity index (χ4v) is 1.10. The summed E-state index contributed by atoms with van der Waals surface area (Å²) in [6.07, 6.45) is 3.94. The van der Waals surface area contributed by atoms with Crippen molar-refractivity contribution in [3.8, 4) is 6.07 Å². The van der Waals surface area contributed by atoms with Crippen LogP contribution < -0.4 is 11.1 Å². The lowest BCUT2D eigenvalue weighted by atomic mass is 10.1. The van der Waals surface area contributed by atoms with Gasteiger partial charge in [0.1, 0.15) is 6.07 Å². The van der Waals surface area contributed by atoms with E-state index in [1.807, 2.05) is 37.3 Å². The number of nitriles is 1. The van der Waals surface area contributed by atoms with Gasteiger partial charge in [0.05, 0.1) is 16.9 Å². The first kappa shape index (κ1) is 10.1. The number of para-hydroxylation sites is 1. The average Bonchev–Trinajstić information content (AvgIpc) is 2.21. The van der Waals surface area contributed by atoms with E-state index in [9.17, 15) is 0 Å². The van der Waals surface area contributed by atoms with Crippen LogP contribution in [0.3, 0.4) is 0 Å². The summed E-state index contributed by atoms with van der Waals surface area (Å²) < 4.78 is 0. The molecule has 0 saturated heterocycles. The fraction of sp³-hybridized carbons (Fsp3) is 0.182. The number of nitrogens with one attached hydrogen (secondary N) is 1. The second-order valence-corrected chi connectivity index (χ2v) is 2.83. The maximum Gasteiger partial charge on any atom is 0.101 e. The van der Waals surface area contributed by atoms with Gasteiger partial charge in [0, 0.05) is 6.54 Å². The third-order valence-electron chi connectivity index (χ3n) is 1.87. The van der Waals surface area contributed by atoms with E-state index in [1.165, 1.54) is 0 Å². The van der Waals surface area contributed by atoms with Gasteiger partial charge in [-0.2, -0.15) is 5.26 Å². The average molecular weight is 187 g/mol. The van der Waals surface area contributed by atoms with Crippen molar-refractivity contribution in [2.45, 2.75) is 6.92 Å². The molecule has 0 aromatic heterocycles. The number of nitrogen functional groups attached to an aromatic ring is 1. The van der Waals surface area contributed by atoms with Crippen LogP contribution in [-0.2, 0) is 0 Å². The van der Waals surface area contributed by atoms with E-state index >= 15 is 0 Å². The maximum atomic E-state index is 8.74. The molecule has 0 heterocycles. The first-order valence-electron chi connectivity index (χ1n) is 4.43. The zero-order valence-electron chi connectivity index (χ0n) is 8.12. The zero-order valence-corrected chi connectivity index (χ0v) is 8.12. The Kier molecular flexibility index (Phi) is 3.57. The van der Waals surface area contributed by atoms with Crippen LogP contribution in [0.1, 0.15) is 12.5 Å². The molecule has 1 aromatic carbocycles. The maximum absolute atomic E-state index is 8.74. The Hall–Kier alpha value is -1.95. The van der Waals surface area contributed by atoms with E-state index < -0.39 is 0 Å². The molecule has 14 heavy (non-hydrogen) atoms. The SMILES string of the molecule is C/C=C/CNc1cccc(C#N)c1N. The number of hydrogen-bond donors (Lipinski definition) is 2. The molecule has 0 unspecified atom stereocenters. The summed E-state index contributed by atoms with van der Waals surface area (Å²) in [7, 11) is 0. The van der Waals surface area contributed by atoms with Gasteiger partial charge >= 0.3 is 0 Å². The van der Waals surface area contributed by atoms with Gasteiger partial charge in [0.15, 0.2) is 0 Å². The molecular weight excluding hydrogens is 174 g/mol. The van der Waals surface area contributed by atoms with Gasteiger partial charge in [-0.15, -0.1) is 0 Å². The number of rotatable bonds is 3. The standard InChI is InChI=1S/C11H13N3/c1-2-3-7-14-10-6-4-5-9(8-12)11(10)13/h2-6,14H,7,13H2,1H3/b3-2+. The van der Waals surface area contributed by atoms with Crippen molar-refractivity contribution in [3.63, 3.8) is 0 Å². The van der Waals surface area contributed by atoms with Gasteiger partial charge in [-0.1, -0.05) is 18.2 Å². The van der Waals surface area contributed by atoms with Gasteiger partial charge in [-0.3, -0.25) is 0 Å². The van der Waals surface area contributed by atoms with Crippen LogP contribution >= 0.6 is 0 Å². The first-order valence-corrected chi connectivity index (χ1v) is 4.43. The minimum atomic E-state index is 0.510. The van der Waals surface area contributed by atoms with E-state index in [0.29, 0.717) is 11.3 Å². The van der Waals surface area contributed by atoms with Crippen LogP contribution in [0, 0.1) is 11.3 Å². The predicted octanol–water partition coefficient (Wildman–Crippen LogP) is 2.13. The molecule has 1 rings (SSSR count). The van der Waals surface area contributed by atoms with Gasteiger partial charge < -0.3 is 11.1 Å². The molecule has 3 nitrogen and oxygen atoms in total. The smallest absolute Gasteiger partial charge is 0.101 e. The minimum absolute atomic E-state index is 0.510. The molecule has 0 spiro atoms. The van der Waals surface area contributed by atoms with E-state index in [2.05, 4.69) is 5.32 Å². The fourth-order valence-electron chi connectivity index (χ4n) is 1.10. The molecule has 0 aliphatic heterocycles. The second kappa shape index (κ2) is 4.93. The lowest BCUT2D eigenvalue weighted by Gasteiger charge is -2.07. The summed E-state index contributed by atoms with van der Waals surface area (Å²) in [6.45, 7) is 2.67. The Morgan fingerprint density at radius 1 is 1.57 bits per heavy atom. The van der Waals surface area contributed by atoms with Crippen LogP contribution in [0.15, 0.2) is 30.4 Å². The molecule has 3 heteroatoms. The van der Waals surface area contributed by atoms with Gasteiger partial charge in [-0.05, 0) is 19.1 Å². The van der Waals surface area contributed by atoms with Crippen LogP contribution in [0.4, 0.5) is 11.4 Å². The Labute approximate surface area is 83.8 Å². The highest BCUT2D eigenvalue weighted by molar-refractivity contribution is 5.72. The number of nitrogens with two attached hydrogens (primary N) is 1. The van der Waals surface area contributed by atoms with Crippen LogP contribution in [0.25, 0.3) is 0 Å². The molecule has 0 aliphatic carbocycles. The molecule has 0 bridgehead atoms. The van der Waals surface area contributed by atoms with Crippen molar-refractivity contribution in [2.24, 2.45) is 0 Å². The normalized spacial score (nSPS) is 10.0. The van der Waals surface area contributed by atoms with Crippen molar-refractivity contribution in [3.05, 3.63) is 35.9 Å². The lowest BCUT2D eigenvalue weighted by Crippen LogP contribution is -2.03. The Morgan fingerprint density at radius 2 is 2.36 bits per heavy atom. The monoisotopic (exact) mass is 187 g/mol. The van der Waals surface area contributed by atoms with Crippen molar-refractivity contribution in [2.75, 3.05) is 17.6 Å². The molecule has 1 aromatic rings. The Morgan fingerprint density at radius 3 is 3.00 bits per heavy atom. The highest BCUT2D eigenvalue weighted by atomic mass is 14.9.